The number of benzene rings is 2. The second-order valence-electron chi connectivity index (χ2n) is 8.02. The molecule has 1 heterocycles. The van der Waals surface area contributed by atoms with Crippen molar-refractivity contribution >= 4 is 29.1 Å². The number of anilines is 1. The normalized spacial score (nSPS) is 18.6. The Balaban J connectivity index is 1.37. The van der Waals surface area contributed by atoms with E-state index >= 15 is 0 Å². The fourth-order valence-corrected chi connectivity index (χ4v) is 3.97. The fourth-order valence-electron chi connectivity index (χ4n) is 3.79. The van der Waals surface area contributed by atoms with E-state index in [0.717, 1.165) is 38.3 Å². The molecule has 0 bridgehead atoms. The van der Waals surface area contributed by atoms with Crippen molar-refractivity contribution in [3.63, 3.8) is 0 Å². The molecule has 0 radical (unpaired) electrons. The summed E-state index contributed by atoms with van der Waals surface area (Å²) in [4.78, 5) is 27.2. The molecule has 0 aromatic heterocycles. The van der Waals surface area contributed by atoms with Crippen LogP contribution in [0.25, 0.3) is 0 Å². The van der Waals surface area contributed by atoms with Crippen LogP contribution in [-0.2, 0) is 16.1 Å². The Morgan fingerprint density at radius 3 is 2.37 bits per heavy atom. The third-order valence-corrected chi connectivity index (χ3v) is 6.17. The maximum atomic E-state index is 12.3. The van der Waals surface area contributed by atoms with E-state index in [1.807, 2.05) is 6.92 Å². The van der Waals surface area contributed by atoms with E-state index in [0.29, 0.717) is 17.3 Å². The molecule has 7 heteroatoms. The van der Waals surface area contributed by atoms with Crippen molar-refractivity contribution in [3.05, 3.63) is 64.2 Å². The number of piperazine rings is 1. The molecule has 6 nitrogen and oxygen atoms in total. The minimum atomic E-state index is -0.254. The summed E-state index contributed by atoms with van der Waals surface area (Å²) in [7, 11) is 0. The highest BCUT2D eigenvalue weighted by Gasteiger charge is 2.25. The Bertz CT molecular complexity index is 895. The SMILES string of the molecule is Cc1ccccc1C[NH+]1CC[NH+](CC(=O)NCC(=O)Nc2cccc(Cl)c2C)CC1. The van der Waals surface area contributed by atoms with Gasteiger partial charge in [-0.1, -0.05) is 41.9 Å². The van der Waals surface area contributed by atoms with Crippen LogP contribution in [0.15, 0.2) is 42.5 Å². The quantitative estimate of drug-likeness (QED) is 0.499. The smallest absolute Gasteiger partial charge is 0.275 e. The van der Waals surface area contributed by atoms with Crippen LogP contribution >= 0.6 is 11.6 Å². The maximum Gasteiger partial charge on any atom is 0.275 e. The summed E-state index contributed by atoms with van der Waals surface area (Å²) < 4.78 is 0. The first-order valence-electron chi connectivity index (χ1n) is 10.5. The van der Waals surface area contributed by atoms with Gasteiger partial charge in [0, 0.05) is 16.3 Å². The van der Waals surface area contributed by atoms with Crippen molar-refractivity contribution in [3.8, 4) is 0 Å². The summed E-state index contributed by atoms with van der Waals surface area (Å²) in [5.41, 5.74) is 4.22. The third-order valence-electron chi connectivity index (χ3n) is 5.76. The molecule has 3 rings (SSSR count). The van der Waals surface area contributed by atoms with Gasteiger partial charge in [0.2, 0.25) is 5.91 Å². The van der Waals surface area contributed by atoms with Crippen LogP contribution in [0.4, 0.5) is 5.69 Å². The van der Waals surface area contributed by atoms with E-state index < -0.39 is 0 Å². The number of carbonyl (C=O) groups is 2. The topological polar surface area (TPSA) is 67.1 Å². The zero-order valence-corrected chi connectivity index (χ0v) is 18.4. The van der Waals surface area contributed by atoms with Crippen LogP contribution in [0, 0.1) is 13.8 Å². The molecule has 1 saturated heterocycles. The molecule has 2 aromatic rings. The van der Waals surface area contributed by atoms with Crippen molar-refractivity contribution in [2.45, 2.75) is 20.4 Å². The number of quaternary nitrogens is 2. The number of amides is 2. The molecule has 1 aliphatic rings. The molecule has 0 spiro atoms. The van der Waals surface area contributed by atoms with Gasteiger partial charge in [-0.2, -0.15) is 0 Å². The standard InChI is InChI=1S/C23H29ClN4O2/c1-17-6-3-4-7-19(17)15-27-10-12-28(13-11-27)16-23(30)25-14-22(29)26-21-9-5-8-20(24)18(21)2/h3-9H,10-16H2,1-2H3,(H,25,30)(H,26,29)/p+2. The second kappa shape index (κ2) is 10.6. The van der Waals surface area contributed by atoms with Gasteiger partial charge in [-0.3, -0.25) is 9.59 Å². The number of hydrogen-bond donors (Lipinski definition) is 4. The number of hydrogen-bond acceptors (Lipinski definition) is 2. The Kier molecular flexibility index (Phi) is 7.85. The largest absolute Gasteiger partial charge is 0.342 e. The molecule has 2 amide bonds. The Labute approximate surface area is 183 Å². The van der Waals surface area contributed by atoms with E-state index in [9.17, 15) is 9.59 Å². The predicted molar refractivity (Wildman–Crippen MR) is 119 cm³/mol. The zero-order chi connectivity index (χ0) is 21.5. The number of aryl methyl sites for hydroxylation is 1. The van der Waals surface area contributed by atoms with E-state index in [-0.39, 0.29) is 18.4 Å². The van der Waals surface area contributed by atoms with Crippen LogP contribution < -0.4 is 20.4 Å². The molecule has 2 aromatic carbocycles. The summed E-state index contributed by atoms with van der Waals surface area (Å²) in [5.74, 6) is -0.346. The van der Waals surface area contributed by atoms with Crippen LogP contribution in [0.5, 0.6) is 0 Å². The van der Waals surface area contributed by atoms with Gasteiger partial charge in [-0.25, -0.2) is 0 Å². The summed E-state index contributed by atoms with van der Waals surface area (Å²) in [6.07, 6.45) is 0. The van der Waals surface area contributed by atoms with Crippen LogP contribution in [-0.4, -0.2) is 51.1 Å². The molecule has 0 saturated carbocycles. The first-order valence-corrected chi connectivity index (χ1v) is 10.8. The van der Waals surface area contributed by atoms with E-state index in [2.05, 4.69) is 41.8 Å². The zero-order valence-electron chi connectivity index (χ0n) is 17.7. The van der Waals surface area contributed by atoms with Crippen LogP contribution in [0.3, 0.4) is 0 Å². The molecule has 1 fully saturated rings. The average molecular weight is 431 g/mol. The number of carbonyl (C=O) groups excluding carboxylic acids is 2. The highest BCUT2D eigenvalue weighted by Crippen LogP contribution is 2.22. The highest BCUT2D eigenvalue weighted by atomic mass is 35.5. The Hall–Kier alpha value is -2.41. The predicted octanol–water partition coefficient (Wildman–Crippen LogP) is -0.00486. The van der Waals surface area contributed by atoms with Crippen molar-refractivity contribution in [2.24, 2.45) is 0 Å². The molecule has 160 valence electrons. The van der Waals surface area contributed by atoms with Gasteiger partial charge in [0.1, 0.15) is 32.7 Å². The number of rotatable bonds is 7. The average Bonchev–Trinajstić information content (AvgIpc) is 2.73. The molecular formula is C23H31ClN4O2+2. The fraction of sp³-hybridized carbons (Fsp3) is 0.391. The first-order chi connectivity index (χ1) is 14.4. The second-order valence-corrected chi connectivity index (χ2v) is 8.42. The summed E-state index contributed by atoms with van der Waals surface area (Å²) in [5, 5.41) is 6.13. The van der Waals surface area contributed by atoms with Gasteiger partial charge in [0.25, 0.3) is 5.91 Å². The molecule has 0 atom stereocenters. The Morgan fingerprint density at radius 2 is 1.63 bits per heavy atom. The van der Waals surface area contributed by atoms with Crippen molar-refractivity contribution in [1.82, 2.24) is 5.32 Å². The summed E-state index contributed by atoms with van der Waals surface area (Å²) in [6.45, 7) is 9.42. The lowest BCUT2D eigenvalue weighted by atomic mass is 10.1. The number of nitrogens with one attached hydrogen (secondary N) is 4. The van der Waals surface area contributed by atoms with Gasteiger partial charge in [-0.15, -0.1) is 0 Å². The minimum Gasteiger partial charge on any atom is -0.342 e. The van der Waals surface area contributed by atoms with Crippen molar-refractivity contribution < 1.29 is 19.4 Å². The maximum absolute atomic E-state index is 12.3. The van der Waals surface area contributed by atoms with Crippen LogP contribution in [0.1, 0.15) is 16.7 Å². The number of halogens is 1. The molecule has 0 aliphatic carbocycles. The van der Waals surface area contributed by atoms with E-state index in [4.69, 9.17) is 11.6 Å². The lowest BCUT2D eigenvalue weighted by Crippen LogP contribution is -3.28. The lowest BCUT2D eigenvalue weighted by molar-refractivity contribution is -1.02. The van der Waals surface area contributed by atoms with Crippen LogP contribution in [0.2, 0.25) is 5.02 Å². The molecule has 30 heavy (non-hydrogen) atoms. The van der Waals surface area contributed by atoms with Crippen molar-refractivity contribution in [2.75, 3.05) is 44.6 Å². The third kappa shape index (κ3) is 6.29. The van der Waals surface area contributed by atoms with E-state index in [1.54, 1.807) is 23.1 Å². The monoisotopic (exact) mass is 430 g/mol. The van der Waals surface area contributed by atoms with Gasteiger partial charge in [0.05, 0.1) is 6.54 Å². The van der Waals surface area contributed by atoms with Gasteiger partial charge < -0.3 is 20.4 Å². The van der Waals surface area contributed by atoms with Gasteiger partial charge in [-0.05, 0) is 37.1 Å². The molecule has 1 aliphatic heterocycles. The first kappa shape index (κ1) is 22.3. The molecule has 4 N–H and O–H groups in total. The summed E-state index contributed by atoms with van der Waals surface area (Å²) in [6, 6.07) is 13.9. The van der Waals surface area contributed by atoms with Crippen molar-refractivity contribution in [1.29, 1.82) is 0 Å². The van der Waals surface area contributed by atoms with Gasteiger partial charge >= 0.3 is 0 Å². The molecule has 0 unspecified atom stereocenters. The lowest BCUT2D eigenvalue weighted by Gasteiger charge is -2.29. The summed E-state index contributed by atoms with van der Waals surface area (Å²) >= 11 is 6.07. The Morgan fingerprint density at radius 1 is 0.933 bits per heavy atom. The van der Waals surface area contributed by atoms with Gasteiger partial charge in [0.15, 0.2) is 6.54 Å². The minimum absolute atomic E-state index is 0.0390. The van der Waals surface area contributed by atoms with E-state index in [1.165, 1.54) is 16.0 Å². The highest BCUT2D eigenvalue weighted by molar-refractivity contribution is 6.31. The molecular weight excluding hydrogens is 400 g/mol.